The molecule has 64 valence electrons. The topological polar surface area (TPSA) is 18.5 Å². The molecule has 0 aromatic heterocycles. The molecule has 1 unspecified atom stereocenters. The number of ether oxygens (including phenoxy) is 1. The van der Waals surface area contributed by atoms with Crippen molar-refractivity contribution >= 4 is 14.9 Å². The van der Waals surface area contributed by atoms with Crippen LogP contribution < -0.4 is 9.92 Å². The van der Waals surface area contributed by atoms with Crippen LogP contribution in [0.2, 0.25) is 0 Å². The first-order valence-electron chi connectivity index (χ1n) is 4.09. The van der Waals surface area contributed by atoms with Gasteiger partial charge in [-0.15, -0.1) is 0 Å². The minimum atomic E-state index is -0.467. The fraction of sp³-hybridized carbons (Fsp3) is 0.333. The molecule has 0 fully saturated rings. The molecule has 1 atom stereocenters. The van der Waals surface area contributed by atoms with Crippen LogP contribution >= 0.6 is 0 Å². The van der Waals surface area contributed by atoms with E-state index in [4.69, 9.17) is 9.16 Å². The maximum absolute atomic E-state index is 5.61. The zero-order valence-electron chi connectivity index (χ0n) is 7.33. The van der Waals surface area contributed by atoms with Gasteiger partial charge in [-0.05, 0) is 29.8 Å². The zero-order valence-corrected chi connectivity index (χ0v) is 8.75. The molecule has 12 heavy (non-hydrogen) atoms. The molecular formula is C9H12O2Si. The minimum Gasteiger partial charge on any atom is -0.497 e. The van der Waals surface area contributed by atoms with Gasteiger partial charge in [-0.1, -0.05) is 6.07 Å². The summed E-state index contributed by atoms with van der Waals surface area (Å²) in [5.74, 6) is 0.943. The molecule has 0 amide bonds. The van der Waals surface area contributed by atoms with E-state index in [0.29, 0.717) is 6.10 Å². The summed E-state index contributed by atoms with van der Waals surface area (Å²) in [5, 5.41) is 1.39. The standard InChI is InChI=1S/C9H12O2Si/c1-6-8-4-3-7(10-2)5-9(8)12-11-6/h3-6H,12H2,1-2H3. The highest BCUT2D eigenvalue weighted by atomic mass is 28.2. The monoisotopic (exact) mass is 180 g/mol. The molecular weight excluding hydrogens is 168 g/mol. The molecule has 0 saturated carbocycles. The molecule has 2 nitrogen and oxygen atoms in total. The van der Waals surface area contributed by atoms with Crippen LogP contribution in [0, 0.1) is 0 Å². The largest absolute Gasteiger partial charge is 0.497 e. The fourth-order valence-corrected chi connectivity index (χ4v) is 3.00. The van der Waals surface area contributed by atoms with Gasteiger partial charge in [0.25, 0.3) is 0 Å². The number of rotatable bonds is 1. The maximum atomic E-state index is 5.61. The summed E-state index contributed by atoms with van der Waals surface area (Å²) in [5.41, 5.74) is 1.35. The Hall–Kier alpha value is -0.803. The molecule has 0 bridgehead atoms. The van der Waals surface area contributed by atoms with E-state index in [0.717, 1.165) is 5.75 Å². The van der Waals surface area contributed by atoms with Crippen molar-refractivity contribution in [3.05, 3.63) is 23.8 Å². The molecule has 0 radical (unpaired) electrons. The van der Waals surface area contributed by atoms with Crippen molar-refractivity contribution in [2.24, 2.45) is 0 Å². The predicted molar refractivity (Wildman–Crippen MR) is 50.7 cm³/mol. The number of hydrogen-bond acceptors (Lipinski definition) is 2. The second-order valence-corrected chi connectivity index (χ2v) is 4.40. The van der Waals surface area contributed by atoms with Crippen molar-refractivity contribution in [1.29, 1.82) is 0 Å². The Morgan fingerprint density at radius 2 is 2.33 bits per heavy atom. The van der Waals surface area contributed by atoms with Crippen molar-refractivity contribution in [1.82, 2.24) is 0 Å². The smallest absolute Gasteiger partial charge is 0.193 e. The number of hydrogen-bond donors (Lipinski definition) is 0. The van der Waals surface area contributed by atoms with Gasteiger partial charge in [0.1, 0.15) is 5.75 Å². The van der Waals surface area contributed by atoms with Gasteiger partial charge in [-0.2, -0.15) is 0 Å². The highest BCUT2D eigenvalue weighted by Crippen LogP contribution is 2.22. The van der Waals surface area contributed by atoms with Gasteiger partial charge in [0.2, 0.25) is 0 Å². The molecule has 1 heterocycles. The molecule has 1 aliphatic rings. The Morgan fingerprint density at radius 1 is 1.50 bits per heavy atom. The van der Waals surface area contributed by atoms with Crippen LogP contribution in [-0.2, 0) is 4.43 Å². The van der Waals surface area contributed by atoms with Crippen LogP contribution in [0.3, 0.4) is 0 Å². The molecule has 0 N–H and O–H groups in total. The second kappa shape index (κ2) is 2.92. The van der Waals surface area contributed by atoms with Crippen molar-refractivity contribution < 1.29 is 9.16 Å². The average molecular weight is 180 g/mol. The third-order valence-corrected chi connectivity index (χ3v) is 3.87. The summed E-state index contributed by atoms with van der Waals surface area (Å²) in [6.07, 6.45) is 0.303. The van der Waals surface area contributed by atoms with Crippen molar-refractivity contribution in [3.8, 4) is 5.75 Å². The van der Waals surface area contributed by atoms with E-state index in [2.05, 4.69) is 19.1 Å². The van der Waals surface area contributed by atoms with E-state index in [1.807, 2.05) is 6.07 Å². The van der Waals surface area contributed by atoms with Gasteiger partial charge in [0.15, 0.2) is 9.76 Å². The molecule has 1 aliphatic heterocycles. The second-order valence-electron chi connectivity index (χ2n) is 3.02. The van der Waals surface area contributed by atoms with Crippen molar-refractivity contribution in [3.63, 3.8) is 0 Å². The first-order valence-corrected chi connectivity index (χ1v) is 5.38. The van der Waals surface area contributed by atoms with Crippen molar-refractivity contribution in [2.75, 3.05) is 7.11 Å². The van der Waals surface area contributed by atoms with Crippen LogP contribution in [0.5, 0.6) is 5.75 Å². The first-order chi connectivity index (χ1) is 5.81. The highest BCUT2D eigenvalue weighted by Gasteiger charge is 2.19. The summed E-state index contributed by atoms with van der Waals surface area (Å²) in [6, 6.07) is 6.21. The van der Waals surface area contributed by atoms with Crippen LogP contribution in [0.4, 0.5) is 0 Å². The Bertz CT molecular complexity index is 299. The van der Waals surface area contributed by atoms with E-state index < -0.39 is 9.76 Å². The minimum absolute atomic E-state index is 0.303. The highest BCUT2D eigenvalue weighted by molar-refractivity contribution is 6.49. The summed E-state index contributed by atoms with van der Waals surface area (Å²) >= 11 is 0. The fourth-order valence-electron chi connectivity index (χ4n) is 1.54. The summed E-state index contributed by atoms with van der Waals surface area (Å²) in [4.78, 5) is 0. The Labute approximate surface area is 74.4 Å². The molecule has 0 aliphatic carbocycles. The number of benzene rings is 1. The van der Waals surface area contributed by atoms with Crippen LogP contribution in [0.15, 0.2) is 18.2 Å². The summed E-state index contributed by atoms with van der Waals surface area (Å²) in [7, 11) is 1.23. The third kappa shape index (κ3) is 1.15. The van der Waals surface area contributed by atoms with Crippen LogP contribution in [0.25, 0.3) is 0 Å². The Balaban J connectivity index is 2.41. The molecule has 2 rings (SSSR count). The van der Waals surface area contributed by atoms with E-state index in [9.17, 15) is 0 Å². The lowest BCUT2D eigenvalue weighted by atomic mass is 10.1. The van der Waals surface area contributed by atoms with Crippen molar-refractivity contribution in [2.45, 2.75) is 13.0 Å². The third-order valence-electron chi connectivity index (χ3n) is 2.28. The number of fused-ring (bicyclic) bond motifs is 1. The summed E-state index contributed by atoms with van der Waals surface area (Å²) < 4.78 is 10.7. The quantitative estimate of drug-likeness (QED) is 0.586. The lowest BCUT2D eigenvalue weighted by Gasteiger charge is -2.04. The van der Waals surface area contributed by atoms with Crippen LogP contribution in [-0.4, -0.2) is 16.9 Å². The first kappa shape index (κ1) is 7.83. The van der Waals surface area contributed by atoms with E-state index in [-0.39, 0.29) is 0 Å². The van der Waals surface area contributed by atoms with Gasteiger partial charge in [0.05, 0.1) is 13.2 Å². The van der Waals surface area contributed by atoms with Gasteiger partial charge >= 0.3 is 0 Å². The van der Waals surface area contributed by atoms with E-state index in [1.165, 1.54) is 10.8 Å². The van der Waals surface area contributed by atoms with E-state index in [1.54, 1.807) is 7.11 Å². The van der Waals surface area contributed by atoms with Gasteiger partial charge in [0, 0.05) is 0 Å². The van der Waals surface area contributed by atoms with Gasteiger partial charge in [-0.3, -0.25) is 0 Å². The number of methoxy groups -OCH3 is 1. The molecule has 1 aromatic rings. The average Bonchev–Trinajstić information content (AvgIpc) is 2.47. The molecule has 1 aromatic carbocycles. The Morgan fingerprint density at radius 3 is 3.08 bits per heavy atom. The molecule has 0 saturated heterocycles. The van der Waals surface area contributed by atoms with Gasteiger partial charge in [-0.25, -0.2) is 0 Å². The Kier molecular flexibility index (Phi) is 1.90. The lowest BCUT2D eigenvalue weighted by molar-refractivity contribution is 0.258. The predicted octanol–water partition coefficient (Wildman–Crippen LogP) is 0.495. The zero-order chi connectivity index (χ0) is 8.55. The van der Waals surface area contributed by atoms with Gasteiger partial charge < -0.3 is 9.16 Å². The molecule has 0 spiro atoms. The SMILES string of the molecule is COc1ccc2c(c1)[SiH2]OC2C. The van der Waals surface area contributed by atoms with E-state index >= 15 is 0 Å². The molecule has 3 heteroatoms. The summed E-state index contributed by atoms with van der Waals surface area (Å²) in [6.45, 7) is 2.10. The lowest BCUT2D eigenvalue weighted by Crippen LogP contribution is -2.11. The normalized spacial score (nSPS) is 22.7. The maximum Gasteiger partial charge on any atom is 0.193 e. The van der Waals surface area contributed by atoms with Crippen LogP contribution in [0.1, 0.15) is 18.6 Å².